The number of anilines is 1. The molecule has 88 valence electrons. The number of fused-ring (bicyclic) bond motifs is 1. The SMILES string of the molecule is CCCCC(Cl)CN1CCc2ccccc21. The molecule has 1 nitrogen and oxygen atoms in total. The maximum absolute atomic E-state index is 6.36. The molecule has 0 amide bonds. The summed E-state index contributed by atoms with van der Waals surface area (Å²) < 4.78 is 0. The quantitative estimate of drug-likeness (QED) is 0.704. The molecule has 1 aromatic carbocycles. The largest absolute Gasteiger partial charge is 0.369 e. The molecule has 0 aromatic heterocycles. The number of para-hydroxylation sites is 1. The molecule has 2 rings (SSSR count). The number of unbranched alkanes of at least 4 members (excludes halogenated alkanes) is 1. The van der Waals surface area contributed by atoms with E-state index in [1.54, 1.807) is 0 Å². The third kappa shape index (κ3) is 2.70. The average Bonchev–Trinajstić information content (AvgIpc) is 2.70. The zero-order chi connectivity index (χ0) is 11.4. The zero-order valence-electron chi connectivity index (χ0n) is 9.95. The first-order valence-electron chi connectivity index (χ1n) is 6.28. The summed E-state index contributed by atoms with van der Waals surface area (Å²) in [7, 11) is 0. The standard InChI is InChI=1S/C14H20ClN/c1-2-3-7-13(15)11-16-10-9-12-6-4-5-8-14(12)16/h4-6,8,13H,2-3,7,9-11H2,1H3. The van der Waals surface area contributed by atoms with Gasteiger partial charge in [-0.05, 0) is 24.5 Å². The van der Waals surface area contributed by atoms with Crippen LogP contribution in [0.5, 0.6) is 0 Å². The van der Waals surface area contributed by atoms with Crippen LogP contribution in [0, 0.1) is 0 Å². The van der Waals surface area contributed by atoms with Gasteiger partial charge in [-0.15, -0.1) is 11.6 Å². The van der Waals surface area contributed by atoms with E-state index in [1.165, 1.54) is 30.5 Å². The molecule has 1 aliphatic heterocycles. The van der Waals surface area contributed by atoms with Gasteiger partial charge in [-0.2, -0.15) is 0 Å². The lowest BCUT2D eigenvalue weighted by molar-refractivity contribution is 0.658. The molecule has 0 N–H and O–H groups in total. The molecule has 0 bridgehead atoms. The zero-order valence-corrected chi connectivity index (χ0v) is 10.7. The van der Waals surface area contributed by atoms with Crippen molar-refractivity contribution >= 4 is 17.3 Å². The lowest BCUT2D eigenvalue weighted by Crippen LogP contribution is -2.28. The van der Waals surface area contributed by atoms with Crippen LogP contribution in [0.25, 0.3) is 0 Å². The Balaban J connectivity index is 1.92. The molecule has 0 saturated heterocycles. The van der Waals surface area contributed by atoms with Crippen LogP contribution in [-0.2, 0) is 6.42 Å². The van der Waals surface area contributed by atoms with Crippen LogP contribution in [0.3, 0.4) is 0 Å². The Hall–Kier alpha value is -0.690. The van der Waals surface area contributed by atoms with E-state index >= 15 is 0 Å². The fourth-order valence-corrected chi connectivity index (χ4v) is 2.67. The smallest absolute Gasteiger partial charge is 0.0511 e. The monoisotopic (exact) mass is 237 g/mol. The van der Waals surface area contributed by atoms with Gasteiger partial charge in [-0.1, -0.05) is 38.0 Å². The molecular weight excluding hydrogens is 218 g/mol. The van der Waals surface area contributed by atoms with Crippen molar-refractivity contribution in [3.05, 3.63) is 29.8 Å². The van der Waals surface area contributed by atoms with Crippen molar-refractivity contribution in [3.8, 4) is 0 Å². The van der Waals surface area contributed by atoms with Gasteiger partial charge >= 0.3 is 0 Å². The highest BCUT2D eigenvalue weighted by Crippen LogP contribution is 2.28. The maximum Gasteiger partial charge on any atom is 0.0511 e. The highest BCUT2D eigenvalue weighted by Gasteiger charge is 2.20. The summed E-state index contributed by atoms with van der Waals surface area (Å²) in [6.07, 6.45) is 4.79. The average molecular weight is 238 g/mol. The van der Waals surface area contributed by atoms with Crippen molar-refractivity contribution < 1.29 is 0 Å². The van der Waals surface area contributed by atoms with E-state index in [0.717, 1.165) is 19.5 Å². The Kier molecular flexibility index (Phi) is 4.11. The topological polar surface area (TPSA) is 3.24 Å². The second-order valence-corrected chi connectivity index (χ2v) is 5.18. The van der Waals surface area contributed by atoms with Gasteiger partial charge in [0, 0.05) is 18.8 Å². The highest BCUT2D eigenvalue weighted by molar-refractivity contribution is 6.20. The Morgan fingerprint density at radius 3 is 3.00 bits per heavy atom. The van der Waals surface area contributed by atoms with Crippen molar-refractivity contribution in [1.29, 1.82) is 0 Å². The van der Waals surface area contributed by atoms with Crippen molar-refractivity contribution in [2.24, 2.45) is 0 Å². The summed E-state index contributed by atoms with van der Waals surface area (Å²) in [5.41, 5.74) is 2.87. The summed E-state index contributed by atoms with van der Waals surface area (Å²) in [6.45, 7) is 4.35. The third-order valence-corrected chi connectivity index (χ3v) is 3.63. The normalized spacial score (nSPS) is 16.2. The van der Waals surface area contributed by atoms with Crippen LogP contribution in [0.2, 0.25) is 0 Å². The number of hydrogen-bond donors (Lipinski definition) is 0. The number of benzene rings is 1. The number of hydrogen-bond acceptors (Lipinski definition) is 1. The summed E-state index contributed by atoms with van der Waals surface area (Å²) in [5.74, 6) is 0. The number of nitrogens with zero attached hydrogens (tertiary/aromatic N) is 1. The third-order valence-electron chi connectivity index (χ3n) is 3.27. The predicted octanol–water partition coefficient (Wildman–Crippen LogP) is 3.85. The minimum Gasteiger partial charge on any atom is -0.369 e. The van der Waals surface area contributed by atoms with Gasteiger partial charge in [0.05, 0.1) is 5.38 Å². The molecule has 0 aliphatic carbocycles. The van der Waals surface area contributed by atoms with Crippen LogP contribution in [0.4, 0.5) is 5.69 Å². The van der Waals surface area contributed by atoms with Gasteiger partial charge in [-0.3, -0.25) is 0 Å². The Morgan fingerprint density at radius 1 is 1.38 bits per heavy atom. The van der Waals surface area contributed by atoms with Gasteiger partial charge in [0.2, 0.25) is 0 Å². The molecule has 16 heavy (non-hydrogen) atoms. The molecule has 1 unspecified atom stereocenters. The first kappa shape index (κ1) is 11.8. The molecule has 0 saturated carbocycles. The minimum absolute atomic E-state index is 0.297. The first-order valence-corrected chi connectivity index (χ1v) is 6.72. The van der Waals surface area contributed by atoms with Gasteiger partial charge in [0.1, 0.15) is 0 Å². The van der Waals surface area contributed by atoms with E-state index in [0.29, 0.717) is 5.38 Å². The maximum atomic E-state index is 6.36. The molecule has 0 spiro atoms. The molecule has 1 aliphatic rings. The van der Waals surface area contributed by atoms with Gasteiger partial charge in [0.15, 0.2) is 0 Å². The number of alkyl halides is 1. The second-order valence-electron chi connectivity index (χ2n) is 4.56. The minimum atomic E-state index is 0.297. The lowest BCUT2D eigenvalue weighted by atomic mass is 10.1. The summed E-state index contributed by atoms with van der Waals surface area (Å²) >= 11 is 6.36. The predicted molar refractivity (Wildman–Crippen MR) is 71.5 cm³/mol. The number of rotatable bonds is 5. The van der Waals surface area contributed by atoms with Crippen LogP contribution in [0.15, 0.2) is 24.3 Å². The number of halogens is 1. The lowest BCUT2D eigenvalue weighted by Gasteiger charge is -2.22. The van der Waals surface area contributed by atoms with Gasteiger partial charge < -0.3 is 4.90 Å². The summed E-state index contributed by atoms with van der Waals surface area (Å²) in [5, 5.41) is 0.297. The summed E-state index contributed by atoms with van der Waals surface area (Å²) in [6, 6.07) is 8.68. The van der Waals surface area contributed by atoms with Crippen LogP contribution in [0.1, 0.15) is 31.7 Å². The van der Waals surface area contributed by atoms with E-state index in [1.807, 2.05) is 0 Å². The molecule has 2 heteroatoms. The van der Waals surface area contributed by atoms with Crippen molar-refractivity contribution in [2.75, 3.05) is 18.0 Å². The Labute approximate surface area is 103 Å². The molecule has 1 heterocycles. The molecule has 1 atom stereocenters. The summed E-state index contributed by atoms with van der Waals surface area (Å²) in [4.78, 5) is 2.43. The molecule has 1 aromatic rings. The van der Waals surface area contributed by atoms with Crippen molar-refractivity contribution in [1.82, 2.24) is 0 Å². The highest BCUT2D eigenvalue weighted by atomic mass is 35.5. The van der Waals surface area contributed by atoms with Crippen LogP contribution in [-0.4, -0.2) is 18.5 Å². The molecule has 0 radical (unpaired) electrons. The van der Waals surface area contributed by atoms with Crippen molar-refractivity contribution in [3.63, 3.8) is 0 Å². The Morgan fingerprint density at radius 2 is 2.19 bits per heavy atom. The van der Waals surface area contributed by atoms with Crippen LogP contribution < -0.4 is 4.90 Å². The van der Waals surface area contributed by atoms with Crippen LogP contribution >= 0.6 is 11.6 Å². The van der Waals surface area contributed by atoms with E-state index in [9.17, 15) is 0 Å². The van der Waals surface area contributed by atoms with E-state index < -0.39 is 0 Å². The van der Waals surface area contributed by atoms with Crippen molar-refractivity contribution in [2.45, 2.75) is 38.0 Å². The first-order chi connectivity index (χ1) is 7.81. The molecule has 0 fully saturated rings. The fraction of sp³-hybridized carbons (Fsp3) is 0.571. The molecular formula is C14H20ClN. The fourth-order valence-electron chi connectivity index (χ4n) is 2.35. The van der Waals surface area contributed by atoms with E-state index in [2.05, 4.69) is 36.1 Å². The second kappa shape index (κ2) is 5.58. The van der Waals surface area contributed by atoms with E-state index in [4.69, 9.17) is 11.6 Å². The Bertz CT molecular complexity index is 337. The van der Waals surface area contributed by atoms with Gasteiger partial charge in [-0.25, -0.2) is 0 Å². The van der Waals surface area contributed by atoms with E-state index in [-0.39, 0.29) is 0 Å². The van der Waals surface area contributed by atoms with Gasteiger partial charge in [0.25, 0.3) is 0 Å².